The molecule has 1 aliphatic rings. The maximum atomic E-state index is 4.02. The minimum Gasteiger partial charge on any atom is -0.304 e. The van der Waals surface area contributed by atoms with Crippen molar-refractivity contribution in [2.75, 3.05) is 0 Å². The van der Waals surface area contributed by atoms with Gasteiger partial charge >= 0.3 is 0 Å². The molecule has 1 nitrogen and oxygen atoms in total. The minimum absolute atomic E-state index is 0.166. The predicted molar refractivity (Wildman–Crippen MR) is 137 cm³/mol. The highest BCUT2D eigenvalue weighted by atomic mass is 28.2. The summed E-state index contributed by atoms with van der Waals surface area (Å²) in [5.41, 5.74) is 4.46. The fraction of sp³-hybridized carbons (Fsp3) is 0.517. The van der Waals surface area contributed by atoms with Gasteiger partial charge in [-0.25, -0.2) is 0 Å². The van der Waals surface area contributed by atoms with Crippen molar-refractivity contribution in [2.24, 2.45) is 0 Å². The number of unbranched alkanes of at least 4 members (excludes halogenated alkanes) is 3. The van der Waals surface area contributed by atoms with Gasteiger partial charge in [0.05, 0.1) is 0 Å². The van der Waals surface area contributed by atoms with E-state index in [0.717, 1.165) is 16.1 Å². The van der Waals surface area contributed by atoms with Crippen LogP contribution in [-0.4, -0.2) is 15.1 Å². The zero-order chi connectivity index (χ0) is 21.9. The van der Waals surface area contributed by atoms with E-state index in [1.807, 2.05) is 0 Å². The van der Waals surface area contributed by atoms with Crippen LogP contribution in [-0.2, 0) is 6.54 Å². The van der Waals surface area contributed by atoms with Gasteiger partial charge in [0.1, 0.15) is 9.52 Å². The summed E-state index contributed by atoms with van der Waals surface area (Å²) in [6.45, 7) is 7.82. The summed E-state index contributed by atoms with van der Waals surface area (Å²) in [4.78, 5) is 0. The van der Waals surface area contributed by atoms with E-state index in [1.165, 1.54) is 86.1 Å². The Kier molecular flexibility index (Phi) is 9.61. The van der Waals surface area contributed by atoms with E-state index in [-0.39, 0.29) is 5.54 Å². The molecule has 0 unspecified atom stereocenters. The second kappa shape index (κ2) is 12.4. The number of allylic oxidation sites excluding steroid dienone is 1. The van der Waals surface area contributed by atoms with Gasteiger partial charge in [-0.1, -0.05) is 110 Å². The van der Waals surface area contributed by atoms with Crippen molar-refractivity contribution < 1.29 is 0 Å². The van der Waals surface area contributed by atoms with Crippen LogP contribution in [0.15, 0.2) is 59.8 Å². The summed E-state index contributed by atoms with van der Waals surface area (Å²) in [7, 11) is 0.800. The van der Waals surface area contributed by atoms with Gasteiger partial charge in [0, 0.05) is 12.1 Å². The molecule has 1 saturated carbocycles. The van der Waals surface area contributed by atoms with Crippen molar-refractivity contribution in [1.82, 2.24) is 5.32 Å². The summed E-state index contributed by atoms with van der Waals surface area (Å²) in [5, 5.41) is 7.23. The third-order valence-electron chi connectivity index (χ3n) is 6.88. The predicted octanol–water partition coefficient (Wildman–Crippen LogP) is 6.98. The first-order valence-corrected chi connectivity index (χ1v) is 13.5. The number of hydrogen-bond acceptors (Lipinski definition) is 1. The quantitative estimate of drug-likeness (QED) is 0.299. The molecule has 1 fully saturated rings. The smallest absolute Gasteiger partial charge is 0.115 e. The average molecular weight is 432 g/mol. The van der Waals surface area contributed by atoms with Crippen LogP contribution < -0.4 is 10.5 Å². The van der Waals surface area contributed by atoms with Crippen molar-refractivity contribution in [3.05, 3.63) is 76.5 Å². The van der Waals surface area contributed by atoms with E-state index < -0.39 is 0 Å². The molecule has 2 aromatic rings. The van der Waals surface area contributed by atoms with Crippen molar-refractivity contribution in [1.29, 1.82) is 0 Å². The standard InChI is InChI=1S/C29H41NSi/c1-4-5-6-11-18-27(31-28-19-14-15-24(2)25(28)3)22-29(20-12-8-13-21-29)30-23-26-16-9-7-10-17-26/h7,9-10,14-17,19,22,30H,4-6,8,11-13,18,20-21,23H2,1-3H3/b27-22+. The molecule has 0 bridgehead atoms. The van der Waals surface area contributed by atoms with E-state index >= 15 is 0 Å². The van der Waals surface area contributed by atoms with Gasteiger partial charge in [-0.2, -0.15) is 0 Å². The van der Waals surface area contributed by atoms with Gasteiger partial charge < -0.3 is 5.32 Å². The Morgan fingerprint density at radius 2 is 1.71 bits per heavy atom. The van der Waals surface area contributed by atoms with Crippen LogP contribution >= 0.6 is 0 Å². The Bertz CT molecular complexity index is 818. The van der Waals surface area contributed by atoms with Gasteiger partial charge in [0.25, 0.3) is 0 Å². The lowest BCUT2D eigenvalue weighted by Gasteiger charge is -2.37. The number of nitrogens with one attached hydrogen (secondary N) is 1. The second-order valence-electron chi connectivity index (χ2n) is 9.41. The Morgan fingerprint density at radius 3 is 2.45 bits per heavy atom. The summed E-state index contributed by atoms with van der Waals surface area (Å²) in [6, 6.07) is 17.8. The van der Waals surface area contributed by atoms with E-state index in [1.54, 1.807) is 5.20 Å². The highest BCUT2D eigenvalue weighted by Gasteiger charge is 2.29. The third-order valence-corrected chi connectivity index (χ3v) is 8.41. The molecule has 0 atom stereocenters. The molecule has 0 heterocycles. The summed E-state index contributed by atoms with van der Waals surface area (Å²) in [5.74, 6) is 0. The van der Waals surface area contributed by atoms with Crippen LogP contribution in [0.3, 0.4) is 0 Å². The molecule has 2 heteroatoms. The number of aryl methyl sites for hydroxylation is 1. The van der Waals surface area contributed by atoms with Crippen molar-refractivity contribution in [3.63, 3.8) is 0 Å². The molecule has 0 amide bonds. The van der Waals surface area contributed by atoms with E-state index in [9.17, 15) is 0 Å². The van der Waals surface area contributed by atoms with Crippen LogP contribution in [0.4, 0.5) is 0 Å². The summed E-state index contributed by atoms with van der Waals surface area (Å²) in [6.07, 6.45) is 15.9. The molecule has 1 aliphatic carbocycles. The maximum absolute atomic E-state index is 4.02. The molecule has 166 valence electrons. The Morgan fingerprint density at radius 1 is 0.935 bits per heavy atom. The van der Waals surface area contributed by atoms with Gasteiger partial charge in [0.2, 0.25) is 0 Å². The third kappa shape index (κ3) is 7.47. The Balaban J connectivity index is 1.82. The van der Waals surface area contributed by atoms with Gasteiger partial charge in [-0.3, -0.25) is 0 Å². The fourth-order valence-corrected chi connectivity index (χ4v) is 6.30. The molecule has 3 rings (SSSR count). The zero-order valence-electron chi connectivity index (χ0n) is 20.0. The molecule has 31 heavy (non-hydrogen) atoms. The second-order valence-corrected chi connectivity index (χ2v) is 10.8. The van der Waals surface area contributed by atoms with E-state index in [2.05, 4.69) is 80.7 Å². The Labute approximate surface area is 193 Å². The van der Waals surface area contributed by atoms with Gasteiger partial charge in [-0.15, -0.1) is 0 Å². The molecule has 2 aromatic carbocycles. The van der Waals surface area contributed by atoms with E-state index in [4.69, 9.17) is 0 Å². The zero-order valence-corrected chi connectivity index (χ0v) is 21.0. The topological polar surface area (TPSA) is 12.0 Å². The van der Waals surface area contributed by atoms with Crippen molar-refractivity contribution in [3.8, 4) is 0 Å². The lowest BCUT2D eigenvalue weighted by molar-refractivity contribution is 0.286. The summed E-state index contributed by atoms with van der Waals surface area (Å²) >= 11 is 0. The summed E-state index contributed by atoms with van der Waals surface area (Å²) < 4.78 is 0. The first-order chi connectivity index (χ1) is 15.1. The molecule has 2 radical (unpaired) electrons. The maximum Gasteiger partial charge on any atom is 0.115 e. The Hall–Kier alpha value is -1.64. The largest absolute Gasteiger partial charge is 0.304 e. The highest BCUT2D eigenvalue weighted by molar-refractivity contribution is 6.61. The average Bonchev–Trinajstić information content (AvgIpc) is 2.80. The van der Waals surface area contributed by atoms with Gasteiger partial charge in [-0.05, 0) is 56.2 Å². The molecule has 0 aromatic heterocycles. The van der Waals surface area contributed by atoms with Crippen molar-refractivity contribution in [2.45, 2.75) is 97.1 Å². The minimum atomic E-state index is 0.166. The normalized spacial score (nSPS) is 16.4. The SMILES string of the molecule is CCCCCC/C(=C\C1(NCc2ccccc2)CCCCC1)[Si]c1cccc(C)c1C. The van der Waals surface area contributed by atoms with Crippen LogP contribution in [0.5, 0.6) is 0 Å². The molecule has 0 spiro atoms. The molecular weight excluding hydrogens is 390 g/mol. The first-order valence-electron chi connectivity index (χ1n) is 12.5. The van der Waals surface area contributed by atoms with Crippen LogP contribution in [0.2, 0.25) is 0 Å². The molecule has 0 aliphatic heterocycles. The van der Waals surface area contributed by atoms with Gasteiger partial charge in [0.15, 0.2) is 0 Å². The number of benzene rings is 2. The first kappa shape index (κ1) is 24.0. The van der Waals surface area contributed by atoms with Crippen molar-refractivity contribution >= 4 is 14.7 Å². The van der Waals surface area contributed by atoms with Crippen LogP contribution in [0, 0.1) is 13.8 Å². The molecule has 0 saturated heterocycles. The molecule has 1 N–H and O–H groups in total. The number of rotatable bonds is 11. The van der Waals surface area contributed by atoms with Crippen LogP contribution in [0.1, 0.15) is 87.8 Å². The number of hydrogen-bond donors (Lipinski definition) is 1. The lowest BCUT2D eigenvalue weighted by Crippen LogP contribution is -2.45. The monoisotopic (exact) mass is 431 g/mol. The van der Waals surface area contributed by atoms with E-state index in [0.29, 0.717) is 0 Å². The highest BCUT2D eigenvalue weighted by Crippen LogP contribution is 2.31. The molecular formula is C29H41NSi. The lowest BCUT2D eigenvalue weighted by atomic mass is 9.81. The van der Waals surface area contributed by atoms with Crippen LogP contribution in [0.25, 0.3) is 0 Å². The fourth-order valence-electron chi connectivity index (χ4n) is 4.73.